The van der Waals surface area contributed by atoms with Gasteiger partial charge in [0.1, 0.15) is 17.7 Å². The molecular formula is C14H11N5O4S3. The van der Waals surface area contributed by atoms with Crippen molar-refractivity contribution in [1.29, 1.82) is 0 Å². The highest BCUT2D eigenvalue weighted by Crippen LogP contribution is 2.30. The van der Waals surface area contributed by atoms with Crippen molar-refractivity contribution in [1.82, 2.24) is 9.97 Å². The third kappa shape index (κ3) is 4.47. The van der Waals surface area contributed by atoms with Crippen LogP contribution in [0, 0.1) is 0 Å². The monoisotopic (exact) mass is 409 g/mol. The van der Waals surface area contributed by atoms with Crippen molar-refractivity contribution < 1.29 is 18.6 Å². The normalized spacial score (nSPS) is 11.5. The van der Waals surface area contributed by atoms with E-state index >= 15 is 0 Å². The molecule has 0 saturated heterocycles. The van der Waals surface area contributed by atoms with Gasteiger partial charge in [-0.1, -0.05) is 17.3 Å². The highest BCUT2D eigenvalue weighted by atomic mass is 32.2. The summed E-state index contributed by atoms with van der Waals surface area (Å²) in [6, 6.07) is 7.55. The number of aromatic nitrogens is 2. The molecule has 4 N–H and O–H groups in total. The zero-order valence-corrected chi connectivity index (χ0v) is 15.4. The van der Waals surface area contributed by atoms with Gasteiger partial charge in [0.15, 0.2) is 16.1 Å². The molecule has 1 aromatic carbocycles. The summed E-state index contributed by atoms with van der Waals surface area (Å²) in [5, 5.41) is 5.37. The first kappa shape index (κ1) is 18.1. The van der Waals surface area contributed by atoms with Crippen molar-refractivity contribution in [2.75, 3.05) is 12.3 Å². The topological polar surface area (TPSA) is 143 Å². The second-order valence-electron chi connectivity index (χ2n) is 4.65. The van der Waals surface area contributed by atoms with Gasteiger partial charge in [-0.05, 0) is 12.1 Å². The summed E-state index contributed by atoms with van der Waals surface area (Å²) in [7, 11) is 0. The Morgan fingerprint density at radius 2 is 2.08 bits per heavy atom. The molecule has 0 saturated carbocycles. The molecule has 0 aliphatic carbocycles. The predicted octanol–water partition coefficient (Wildman–Crippen LogP) is 1.79. The number of carbonyl (C=O) groups excluding carboxylic acids is 2. The van der Waals surface area contributed by atoms with Gasteiger partial charge in [0.05, 0.1) is 10.2 Å². The van der Waals surface area contributed by atoms with Crippen molar-refractivity contribution in [2.24, 2.45) is 10.9 Å². The summed E-state index contributed by atoms with van der Waals surface area (Å²) in [4.78, 5) is 36.2. The molecule has 0 bridgehead atoms. The molecule has 1 amide bonds. The molecule has 2 aromatic heterocycles. The van der Waals surface area contributed by atoms with Gasteiger partial charge < -0.3 is 20.5 Å². The fourth-order valence-electron chi connectivity index (χ4n) is 1.75. The SMILES string of the molecule is NC(=O)CO/N=C(\C(=O)OSc1nc2ccccc2s1)c1csc(N)n1. The number of primary amides is 1. The highest BCUT2D eigenvalue weighted by Gasteiger charge is 2.22. The van der Waals surface area contributed by atoms with Crippen LogP contribution in [0.4, 0.5) is 5.13 Å². The maximum Gasteiger partial charge on any atom is 0.375 e. The lowest BCUT2D eigenvalue weighted by molar-refractivity contribution is -0.126. The quantitative estimate of drug-likeness (QED) is 0.341. The second-order valence-corrected chi connectivity index (χ2v) is 7.55. The van der Waals surface area contributed by atoms with E-state index in [1.54, 1.807) is 0 Å². The number of thiazole rings is 2. The number of benzene rings is 1. The zero-order valence-electron chi connectivity index (χ0n) is 12.9. The average molecular weight is 409 g/mol. The van der Waals surface area contributed by atoms with E-state index in [1.165, 1.54) is 16.7 Å². The molecular weight excluding hydrogens is 398 g/mol. The molecule has 134 valence electrons. The lowest BCUT2D eigenvalue weighted by atomic mass is 10.3. The first-order valence-corrected chi connectivity index (χ1v) is 9.41. The Morgan fingerprint density at radius 1 is 1.27 bits per heavy atom. The summed E-state index contributed by atoms with van der Waals surface area (Å²) < 4.78 is 6.68. The number of para-hydroxylation sites is 1. The number of hydrogen-bond donors (Lipinski definition) is 2. The smallest absolute Gasteiger partial charge is 0.375 e. The molecule has 0 aliphatic rings. The number of rotatable bonds is 7. The third-order valence-corrected chi connectivity index (χ3v) is 5.21. The maximum absolute atomic E-state index is 12.3. The van der Waals surface area contributed by atoms with Crippen LogP contribution in [-0.4, -0.2) is 34.2 Å². The van der Waals surface area contributed by atoms with Gasteiger partial charge in [-0.3, -0.25) is 4.79 Å². The minimum absolute atomic E-state index is 0.173. The Kier molecular flexibility index (Phi) is 5.65. The van der Waals surface area contributed by atoms with Gasteiger partial charge in [-0.2, -0.15) is 0 Å². The molecule has 26 heavy (non-hydrogen) atoms. The number of nitrogens with two attached hydrogens (primary N) is 2. The number of carbonyl (C=O) groups is 2. The zero-order chi connectivity index (χ0) is 18.5. The number of amides is 1. The molecule has 9 nitrogen and oxygen atoms in total. The van der Waals surface area contributed by atoms with E-state index in [0.717, 1.165) is 33.6 Å². The number of nitrogen functional groups attached to an aromatic ring is 1. The van der Waals surface area contributed by atoms with E-state index < -0.39 is 18.5 Å². The van der Waals surface area contributed by atoms with Crippen LogP contribution in [0.3, 0.4) is 0 Å². The summed E-state index contributed by atoms with van der Waals surface area (Å²) >= 11 is 3.30. The van der Waals surface area contributed by atoms with Crippen LogP contribution in [0.5, 0.6) is 0 Å². The number of nitrogens with zero attached hydrogens (tertiary/aromatic N) is 3. The van der Waals surface area contributed by atoms with Gasteiger partial charge in [-0.25, -0.2) is 14.8 Å². The van der Waals surface area contributed by atoms with Crippen molar-refractivity contribution in [3.05, 3.63) is 35.3 Å². The molecule has 0 aliphatic heterocycles. The Balaban J connectivity index is 1.73. The fraction of sp³-hybridized carbons (Fsp3) is 0.0714. The molecule has 0 fully saturated rings. The lowest BCUT2D eigenvalue weighted by Gasteiger charge is -2.02. The molecule has 12 heteroatoms. The van der Waals surface area contributed by atoms with Crippen molar-refractivity contribution in [3.8, 4) is 0 Å². The van der Waals surface area contributed by atoms with Crippen LogP contribution < -0.4 is 11.5 Å². The maximum atomic E-state index is 12.3. The third-order valence-electron chi connectivity index (χ3n) is 2.78. The van der Waals surface area contributed by atoms with E-state index in [2.05, 4.69) is 15.1 Å². The van der Waals surface area contributed by atoms with Crippen molar-refractivity contribution >= 4 is 67.7 Å². The molecule has 3 rings (SSSR count). The molecule has 0 atom stereocenters. The van der Waals surface area contributed by atoms with Crippen LogP contribution in [-0.2, 0) is 18.6 Å². The first-order valence-electron chi connectivity index (χ1n) is 6.97. The van der Waals surface area contributed by atoms with Gasteiger partial charge in [0.2, 0.25) is 5.71 Å². The predicted molar refractivity (Wildman–Crippen MR) is 99.8 cm³/mol. The minimum atomic E-state index is -0.816. The van der Waals surface area contributed by atoms with E-state index in [9.17, 15) is 9.59 Å². The van der Waals surface area contributed by atoms with E-state index in [1.807, 2.05) is 24.3 Å². The highest BCUT2D eigenvalue weighted by molar-refractivity contribution is 7.97. The number of hydrogen-bond acceptors (Lipinski definition) is 11. The molecule has 3 aromatic rings. The number of oxime groups is 1. The van der Waals surface area contributed by atoms with E-state index in [0.29, 0.717) is 4.34 Å². The average Bonchev–Trinajstić information content (AvgIpc) is 3.22. The number of anilines is 1. The molecule has 2 heterocycles. The standard InChI is InChI=1S/C14H11N5O4S3/c15-10(20)5-22-19-11(8-6-24-13(16)17-8)12(21)23-26-14-18-7-3-1-2-4-9(7)25-14/h1-4,6H,5H2,(H2,15,20)(H2,16,17)/b19-11-. The fourth-order valence-corrected chi connectivity index (χ4v) is 3.86. The van der Waals surface area contributed by atoms with Crippen LogP contribution in [0.25, 0.3) is 10.2 Å². The van der Waals surface area contributed by atoms with E-state index in [4.69, 9.17) is 20.5 Å². The first-order chi connectivity index (χ1) is 12.5. The van der Waals surface area contributed by atoms with Crippen LogP contribution >= 0.6 is 34.7 Å². The summed E-state index contributed by atoms with van der Waals surface area (Å²) in [6.07, 6.45) is 0. The van der Waals surface area contributed by atoms with Gasteiger partial charge >= 0.3 is 5.97 Å². The second kappa shape index (κ2) is 8.12. The largest absolute Gasteiger partial charge is 0.385 e. The van der Waals surface area contributed by atoms with Crippen LogP contribution in [0.15, 0.2) is 39.1 Å². The van der Waals surface area contributed by atoms with Crippen LogP contribution in [0.2, 0.25) is 0 Å². The Bertz CT molecular complexity index is 951. The van der Waals surface area contributed by atoms with Crippen molar-refractivity contribution in [3.63, 3.8) is 0 Å². The van der Waals surface area contributed by atoms with E-state index in [-0.39, 0.29) is 16.5 Å². The molecule has 0 radical (unpaired) electrons. The van der Waals surface area contributed by atoms with Gasteiger partial charge in [0, 0.05) is 5.38 Å². The lowest BCUT2D eigenvalue weighted by Crippen LogP contribution is -2.20. The Labute approximate surface area is 159 Å². The molecule has 0 unspecified atom stereocenters. The van der Waals surface area contributed by atoms with Crippen molar-refractivity contribution in [2.45, 2.75) is 4.34 Å². The Morgan fingerprint density at radius 3 is 2.77 bits per heavy atom. The summed E-state index contributed by atoms with van der Waals surface area (Å²) in [5.41, 5.74) is 11.3. The van der Waals surface area contributed by atoms with Gasteiger partial charge in [0.25, 0.3) is 5.91 Å². The van der Waals surface area contributed by atoms with Crippen LogP contribution in [0.1, 0.15) is 5.69 Å². The summed E-state index contributed by atoms with van der Waals surface area (Å²) in [6.45, 7) is -0.485. The number of fused-ring (bicyclic) bond motifs is 1. The summed E-state index contributed by atoms with van der Waals surface area (Å²) in [5.74, 6) is -1.55. The minimum Gasteiger partial charge on any atom is -0.385 e. The molecule has 0 spiro atoms. The Hall–Kier alpha value is -2.70. The van der Waals surface area contributed by atoms with Gasteiger partial charge in [-0.15, -0.1) is 22.7 Å².